The first-order valence-corrected chi connectivity index (χ1v) is 10.3. The molecule has 0 aromatic rings. The van der Waals surface area contributed by atoms with Gasteiger partial charge in [0.05, 0.1) is 5.92 Å². The highest BCUT2D eigenvalue weighted by Gasteiger charge is 2.21. The van der Waals surface area contributed by atoms with E-state index in [4.69, 9.17) is 10.2 Å². The second-order valence-electron chi connectivity index (χ2n) is 7.45. The SMILES string of the molecule is CC(=O)CC[C@H](CC(=O)CCCCCCCCCCCCC(=O)O)C(=O)O. The minimum Gasteiger partial charge on any atom is -0.481 e. The van der Waals surface area contributed by atoms with Crippen LogP contribution in [0.3, 0.4) is 0 Å². The number of ketones is 2. The number of Topliss-reactive ketones (excluding diaryl/α,β-unsaturated/α-hetero) is 2. The second kappa shape index (κ2) is 16.5. The van der Waals surface area contributed by atoms with E-state index in [2.05, 4.69) is 0 Å². The van der Waals surface area contributed by atoms with Gasteiger partial charge in [-0.2, -0.15) is 0 Å². The van der Waals surface area contributed by atoms with E-state index in [1.54, 1.807) is 0 Å². The van der Waals surface area contributed by atoms with Crippen molar-refractivity contribution in [1.29, 1.82) is 0 Å². The quantitative estimate of drug-likeness (QED) is 0.310. The van der Waals surface area contributed by atoms with Crippen molar-refractivity contribution in [1.82, 2.24) is 0 Å². The van der Waals surface area contributed by atoms with Crippen LogP contribution in [0.2, 0.25) is 0 Å². The molecular formula is C21H36O6. The average molecular weight is 385 g/mol. The lowest BCUT2D eigenvalue weighted by Crippen LogP contribution is -2.18. The molecule has 0 amide bonds. The Balaban J connectivity index is 3.55. The Morgan fingerprint density at radius 3 is 1.52 bits per heavy atom. The van der Waals surface area contributed by atoms with Crippen molar-refractivity contribution in [2.45, 2.75) is 103 Å². The highest BCUT2D eigenvalue weighted by Crippen LogP contribution is 2.16. The van der Waals surface area contributed by atoms with Crippen molar-refractivity contribution in [3.63, 3.8) is 0 Å². The zero-order valence-corrected chi connectivity index (χ0v) is 16.7. The molecule has 0 saturated carbocycles. The number of hydrogen-bond donors (Lipinski definition) is 2. The van der Waals surface area contributed by atoms with E-state index >= 15 is 0 Å². The molecular weight excluding hydrogens is 348 g/mol. The summed E-state index contributed by atoms with van der Waals surface area (Å²) in [6.45, 7) is 1.43. The van der Waals surface area contributed by atoms with Gasteiger partial charge in [-0.05, 0) is 26.2 Å². The Morgan fingerprint density at radius 2 is 1.11 bits per heavy atom. The number of carbonyl (C=O) groups excluding carboxylic acids is 2. The molecule has 27 heavy (non-hydrogen) atoms. The topological polar surface area (TPSA) is 109 Å². The van der Waals surface area contributed by atoms with Crippen molar-refractivity contribution in [3.8, 4) is 0 Å². The van der Waals surface area contributed by atoms with Crippen molar-refractivity contribution >= 4 is 23.5 Å². The fourth-order valence-corrected chi connectivity index (χ4v) is 3.08. The van der Waals surface area contributed by atoms with Crippen LogP contribution in [-0.2, 0) is 19.2 Å². The van der Waals surface area contributed by atoms with E-state index in [-0.39, 0.29) is 37.2 Å². The number of carboxylic acids is 2. The third kappa shape index (κ3) is 17.5. The van der Waals surface area contributed by atoms with Crippen molar-refractivity contribution < 1.29 is 29.4 Å². The number of aliphatic carboxylic acids is 2. The van der Waals surface area contributed by atoms with Crippen LogP contribution in [0.4, 0.5) is 0 Å². The summed E-state index contributed by atoms with van der Waals surface area (Å²) in [5, 5.41) is 17.7. The van der Waals surface area contributed by atoms with Gasteiger partial charge in [0.15, 0.2) is 0 Å². The van der Waals surface area contributed by atoms with Crippen LogP contribution in [0.1, 0.15) is 103 Å². The summed E-state index contributed by atoms with van der Waals surface area (Å²) in [7, 11) is 0. The molecule has 6 nitrogen and oxygen atoms in total. The van der Waals surface area contributed by atoms with Gasteiger partial charge in [-0.1, -0.05) is 51.4 Å². The number of hydrogen-bond acceptors (Lipinski definition) is 4. The van der Waals surface area contributed by atoms with Gasteiger partial charge < -0.3 is 15.0 Å². The third-order valence-electron chi connectivity index (χ3n) is 4.76. The van der Waals surface area contributed by atoms with Gasteiger partial charge in [0.2, 0.25) is 0 Å². The Bertz CT molecular complexity index is 458. The predicted octanol–water partition coefficient (Wildman–Crippen LogP) is 4.78. The molecule has 0 radical (unpaired) electrons. The van der Waals surface area contributed by atoms with Gasteiger partial charge in [-0.3, -0.25) is 14.4 Å². The largest absolute Gasteiger partial charge is 0.481 e. The predicted molar refractivity (Wildman–Crippen MR) is 104 cm³/mol. The van der Waals surface area contributed by atoms with Crippen LogP contribution in [-0.4, -0.2) is 33.7 Å². The summed E-state index contributed by atoms with van der Waals surface area (Å²) in [6, 6.07) is 0. The maximum atomic E-state index is 11.9. The van der Waals surface area contributed by atoms with E-state index in [9.17, 15) is 19.2 Å². The lowest BCUT2D eigenvalue weighted by Gasteiger charge is -2.10. The van der Waals surface area contributed by atoms with Crippen molar-refractivity contribution in [3.05, 3.63) is 0 Å². The maximum Gasteiger partial charge on any atom is 0.306 e. The lowest BCUT2D eigenvalue weighted by atomic mass is 9.94. The molecule has 156 valence electrons. The summed E-state index contributed by atoms with van der Waals surface area (Å²) in [5.74, 6) is -2.52. The summed E-state index contributed by atoms with van der Waals surface area (Å²) in [5.41, 5.74) is 0. The van der Waals surface area contributed by atoms with Gasteiger partial charge in [0.25, 0.3) is 0 Å². The number of carbonyl (C=O) groups is 4. The molecule has 0 aromatic heterocycles. The average Bonchev–Trinajstić information content (AvgIpc) is 2.58. The smallest absolute Gasteiger partial charge is 0.306 e. The Labute approximate surface area is 162 Å². The van der Waals surface area contributed by atoms with Crippen molar-refractivity contribution in [2.24, 2.45) is 5.92 Å². The van der Waals surface area contributed by atoms with Crippen molar-refractivity contribution in [2.75, 3.05) is 0 Å². The highest BCUT2D eigenvalue weighted by atomic mass is 16.4. The molecule has 0 saturated heterocycles. The van der Waals surface area contributed by atoms with Crippen LogP contribution in [0, 0.1) is 5.92 Å². The monoisotopic (exact) mass is 384 g/mol. The van der Waals surface area contributed by atoms with Gasteiger partial charge >= 0.3 is 11.9 Å². The zero-order valence-electron chi connectivity index (χ0n) is 16.7. The number of unbranched alkanes of at least 4 members (excludes halogenated alkanes) is 9. The van der Waals surface area contributed by atoms with Crippen LogP contribution < -0.4 is 0 Å². The van der Waals surface area contributed by atoms with E-state index in [0.717, 1.165) is 51.4 Å². The summed E-state index contributed by atoms with van der Waals surface area (Å²) >= 11 is 0. The molecule has 0 aliphatic carbocycles. The van der Waals surface area contributed by atoms with E-state index < -0.39 is 17.9 Å². The van der Waals surface area contributed by atoms with Crippen LogP contribution in [0.15, 0.2) is 0 Å². The Hall–Kier alpha value is -1.72. The molecule has 0 aliphatic rings. The number of rotatable bonds is 19. The van der Waals surface area contributed by atoms with Gasteiger partial charge in [0, 0.05) is 25.7 Å². The van der Waals surface area contributed by atoms with E-state index in [1.165, 1.54) is 19.8 Å². The van der Waals surface area contributed by atoms with Gasteiger partial charge in [0.1, 0.15) is 11.6 Å². The minimum atomic E-state index is -0.993. The van der Waals surface area contributed by atoms with Gasteiger partial charge in [-0.25, -0.2) is 0 Å². The van der Waals surface area contributed by atoms with E-state index in [1.807, 2.05) is 0 Å². The van der Waals surface area contributed by atoms with Crippen LogP contribution in [0.25, 0.3) is 0 Å². The Kier molecular flexibility index (Phi) is 15.4. The Morgan fingerprint density at radius 1 is 0.667 bits per heavy atom. The fourth-order valence-electron chi connectivity index (χ4n) is 3.08. The molecule has 0 unspecified atom stereocenters. The summed E-state index contributed by atoms with van der Waals surface area (Å²) in [4.78, 5) is 44.4. The molecule has 1 atom stereocenters. The fraction of sp³-hybridized carbons (Fsp3) is 0.810. The third-order valence-corrected chi connectivity index (χ3v) is 4.76. The molecule has 0 spiro atoms. The van der Waals surface area contributed by atoms with E-state index in [0.29, 0.717) is 6.42 Å². The maximum absolute atomic E-state index is 11.9. The molecule has 6 heteroatoms. The molecule has 0 rings (SSSR count). The second-order valence-corrected chi connectivity index (χ2v) is 7.45. The van der Waals surface area contributed by atoms with Crippen LogP contribution >= 0.6 is 0 Å². The first-order chi connectivity index (χ1) is 12.8. The first-order valence-electron chi connectivity index (χ1n) is 10.3. The van der Waals surface area contributed by atoms with Gasteiger partial charge in [-0.15, -0.1) is 0 Å². The minimum absolute atomic E-state index is 0.0210. The number of carboxylic acid groups (broad SMARTS) is 2. The molecule has 0 fully saturated rings. The molecule has 0 bridgehead atoms. The molecule has 0 heterocycles. The first kappa shape index (κ1) is 25.3. The summed E-state index contributed by atoms with van der Waals surface area (Å²) in [6.07, 6.45) is 11.5. The zero-order chi connectivity index (χ0) is 20.5. The standard InChI is InChI=1S/C21H36O6/c1-17(22)14-15-18(21(26)27)16-19(23)12-10-8-6-4-2-3-5-7-9-11-13-20(24)25/h18H,2-16H2,1H3,(H,24,25)(H,26,27)/t18-/m1/s1. The molecule has 0 aromatic carbocycles. The summed E-state index contributed by atoms with van der Waals surface area (Å²) < 4.78 is 0. The lowest BCUT2D eigenvalue weighted by molar-refractivity contribution is -0.144. The van der Waals surface area contributed by atoms with Crippen LogP contribution in [0.5, 0.6) is 0 Å². The highest BCUT2D eigenvalue weighted by molar-refractivity contribution is 5.84. The molecule has 0 aliphatic heterocycles. The molecule has 2 N–H and O–H groups in total. The normalized spacial score (nSPS) is 11.9.